The summed E-state index contributed by atoms with van der Waals surface area (Å²) in [6.45, 7) is 0. The van der Waals surface area contributed by atoms with E-state index in [1.165, 1.54) is 12.1 Å². The van der Waals surface area contributed by atoms with E-state index in [9.17, 15) is 14.3 Å². The van der Waals surface area contributed by atoms with Crippen molar-refractivity contribution in [3.63, 3.8) is 0 Å². The second-order valence-electron chi connectivity index (χ2n) is 4.03. The normalized spacial score (nSPS) is 17.2. The van der Waals surface area contributed by atoms with Crippen molar-refractivity contribution in [2.24, 2.45) is 0 Å². The van der Waals surface area contributed by atoms with Gasteiger partial charge in [-0.15, -0.1) is 0 Å². The Morgan fingerprint density at radius 3 is 2.95 bits per heavy atom. The van der Waals surface area contributed by atoms with E-state index in [1.54, 1.807) is 18.3 Å². The monoisotopic (exact) mass is 276 g/mol. The van der Waals surface area contributed by atoms with Crippen LogP contribution in [0.5, 0.6) is 0 Å². The smallest absolute Gasteiger partial charge is 0.257 e. The highest BCUT2D eigenvalue weighted by Crippen LogP contribution is 2.37. The number of anilines is 1. The predicted molar refractivity (Wildman–Crippen MR) is 68.3 cm³/mol. The molecule has 0 radical (unpaired) electrons. The lowest BCUT2D eigenvalue weighted by Crippen LogP contribution is -2.10. The van der Waals surface area contributed by atoms with Gasteiger partial charge in [0.2, 0.25) is 0 Å². The number of hydrogen-bond donors (Lipinski definition) is 2. The van der Waals surface area contributed by atoms with Crippen LogP contribution in [0.1, 0.15) is 11.7 Å². The van der Waals surface area contributed by atoms with Gasteiger partial charge in [0.05, 0.1) is 4.90 Å². The van der Waals surface area contributed by atoms with E-state index in [1.807, 2.05) is 6.07 Å². The number of hydrogen-bond acceptors (Lipinski definition) is 4. The molecule has 0 spiro atoms. The Bertz CT molecular complexity index is 649. The number of aliphatic hydroxyl groups is 1. The second-order valence-corrected chi connectivity index (χ2v) is 5.09. The van der Waals surface area contributed by atoms with Gasteiger partial charge in [-0.3, -0.25) is 4.79 Å². The fraction of sp³-hybridized carbons (Fsp3) is 0.0769. The Morgan fingerprint density at radius 1 is 1.37 bits per heavy atom. The molecule has 1 amide bonds. The lowest BCUT2D eigenvalue weighted by atomic mass is 10.1. The lowest BCUT2D eigenvalue weighted by Gasteiger charge is -2.06. The van der Waals surface area contributed by atoms with Crippen molar-refractivity contribution in [3.8, 4) is 0 Å². The maximum absolute atomic E-state index is 13.9. The summed E-state index contributed by atoms with van der Waals surface area (Å²) in [5.41, 5.74) is 0.713. The Hall–Kier alpha value is -1.92. The number of carbonyl (C=O) groups excluding carboxylic acids is 1. The third-order valence-corrected chi connectivity index (χ3v) is 3.74. The van der Waals surface area contributed by atoms with Crippen molar-refractivity contribution in [1.82, 2.24) is 4.98 Å². The molecule has 6 heteroatoms. The summed E-state index contributed by atoms with van der Waals surface area (Å²) in [4.78, 5) is 15.8. The zero-order chi connectivity index (χ0) is 13.4. The molecule has 0 saturated heterocycles. The van der Waals surface area contributed by atoms with E-state index in [2.05, 4.69) is 10.3 Å². The molecule has 2 heterocycles. The summed E-state index contributed by atoms with van der Waals surface area (Å²) in [6.07, 6.45) is 0.331. The Morgan fingerprint density at radius 2 is 2.21 bits per heavy atom. The minimum atomic E-state index is -1.29. The van der Waals surface area contributed by atoms with E-state index in [0.717, 1.165) is 11.8 Å². The van der Waals surface area contributed by atoms with Gasteiger partial charge in [-0.05, 0) is 24.3 Å². The number of aromatic nitrogens is 1. The van der Waals surface area contributed by atoms with E-state index < -0.39 is 17.8 Å². The first-order valence-electron chi connectivity index (χ1n) is 5.56. The van der Waals surface area contributed by atoms with Crippen molar-refractivity contribution >= 4 is 23.4 Å². The summed E-state index contributed by atoms with van der Waals surface area (Å²) >= 11 is 1.16. The fourth-order valence-electron chi connectivity index (χ4n) is 1.84. The zero-order valence-corrected chi connectivity index (χ0v) is 10.4. The number of pyridine rings is 1. The third kappa shape index (κ3) is 2.20. The summed E-state index contributed by atoms with van der Waals surface area (Å²) in [6, 6.07) is 8.05. The number of nitrogens with one attached hydrogen (secondary N) is 1. The lowest BCUT2D eigenvalue weighted by molar-refractivity contribution is -0.123. The molecule has 19 heavy (non-hydrogen) atoms. The van der Waals surface area contributed by atoms with Crippen LogP contribution in [0.15, 0.2) is 46.5 Å². The molecule has 1 aliphatic rings. The molecule has 96 valence electrons. The van der Waals surface area contributed by atoms with Crippen LogP contribution in [0.25, 0.3) is 0 Å². The Kier molecular flexibility index (Phi) is 2.96. The molecule has 4 nitrogen and oxygen atoms in total. The van der Waals surface area contributed by atoms with E-state index in [-0.39, 0.29) is 5.56 Å². The SMILES string of the molecule is O=C1Nc2cc(Sc3ccccn3)c(F)cc2C1O. The van der Waals surface area contributed by atoms with Crippen molar-refractivity contribution in [2.45, 2.75) is 16.0 Å². The molecule has 0 fully saturated rings. The summed E-state index contributed by atoms with van der Waals surface area (Å²) in [7, 11) is 0. The molecule has 2 aromatic rings. The number of fused-ring (bicyclic) bond motifs is 1. The Balaban J connectivity index is 1.97. The molecule has 1 unspecified atom stereocenters. The quantitative estimate of drug-likeness (QED) is 0.884. The van der Waals surface area contributed by atoms with Crippen LogP contribution in [-0.4, -0.2) is 16.0 Å². The molecule has 1 aromatic heterocycles. The number of halogens is 1. The molecule has 3 rings (SSSR count). The topological polar surface area (TPSA) is 62.2 Å². The second kappa shape index (κ2) is 4.64. The van der Waals surface area contributed by atoms with Crippen LogP contribution in [0.3, 0.4) is 0 Å². The van der Waals surface area contributed by atoms with E-state index in [4.69, 9.17) is 0 Å². The number of carbonyl (C=O) groups is 1. The molecule has 1 aliphatic heterocycles. The van der Waals surface area contributed by atoms with Crippen LogP contribution in [0.4, 0.5) is 10.1 Å². The van der Waals surface area contributed by atoms with Gasteiger partial charge in [-0.2, -0.15) is 0 Å². The van der Waals surface area contributed by atoms with Gasteiger partial charge in [-0.25, -0.2) is 9.37 Å². The van der Waals surface area contributed by atoms with Gasteiger partial charge < -0.3 is 10.4 Å². The van der Waals surface area contributed by atoms with Crippen molar-refractivity contribution in [1.29, 1.82) is 0 Å². The first-order chi connectivity index (χ1) is 9.15. The summed E-state index contributed by atoms with van der Waals surface area (Å²) < 4.78 is 13.9. The fourth-order valence-corrected chi connectivity index (χ4v) is 2.66. The van der Waals surface area contributed by atoms with Gasteiger partial charge in [-0.1, -0.05) is 17.8 Å². The van der Waals surface area contributed by atoms with Crippen LogP contribution in [0, 0.1) is 5.82 Å². The van der Waals surface area contributed by atoms with Crippen LogP contribution < -0.4 is 5.32 Å². The Labute approximate surface area is 112 Å². The van der Waals surface area contributed by atoms with E-state index in [0.29, 0.717) is 15.6 Å². The van der Waals surface area contributed by atoms with Crippen LogP contribution in [-0.2, 0) is 4.79 Å². The molecule has 1 aromatic carbocycles. The largest absolute Gasteiger partial charge is 0.378 e. The summed E-state index contributed by atoms with van der Waals surface area (Å²) in [5.74, 6) is -1.01. The molecule has 0 saturated carbocycles. The number of benzene rings is 1. The van der Waals surface area contributed by atoms with Gasteiger partial charge in [0.1, 0.15) is 10.8 Å². The average Bonchev–Trinajstić information content (AvgIpc) is 2.67. The highest BCUT2D eigenvalue weighted by molar-refractivity contribution is 7.99. The van der Waals surface area contributed by atoms with Crippen molar-refractivity contribution < 1.29 is 14.3 Å². The number of amides is 1. The molecule has 0 bridgehead atoms. The first kappa shape index (κ1) is 12.1. The van der Waals surface area contributed by atoms with Crippen molar-refractivity contribution in [3.05, 3.63) is 47.9 Å². The maximum atomic E-state index is 13.9. The maximum Gasteiger partial charge on any atom is 0.257 e. The number of nitrogens with zero attached hydrogens (tertiary/aromatic N) is 1. The minimum Gasteiger partial charge on any atom is -0.378 e. The third-order valence-electron chi connectivity index (χ3n) is 2.76. The molecule has 2 N–H and O–H groups in total. The minimum absolute atomic E-state index is 0.271. The molecule has 0 aliphatic carbocycles. The molecular formula is C13H9FN2O2S. The zero-order valence-electron chi connectivity index (χ0n) is 9.63. The average molecular weight is 276 g/mol. The van der Waals surface area contributed by atoms with E-state index >= 15 is 0 Å². The van der Waals surface area contributed by atoms with Gasteiger partial charge in [0.15, 0.2) is 6.10 Å². The molecule has 1 atom stereocenters. The van der Waals surface area contributed by atoms with Gasteiger partial charge >= 0.3 is 0 Å². The van der Waals surface area contributed by atoms with Crippen LogP contribution >= 0.6 is 11.8 Å². The van der Waals surface area contributed by atoms with Gasteiger partial charge in [0.25, 0.3) is 5.91 Å². The van der Waals surface area contributed by atoms with Crippen LogP contribution in [0.2, 0.25) is 0 Å². The highest BCUT2D eigenvalue weighted by Gasteiger charge is 2.30. The summed E-state index contributed by atoms with van der Waals surface area (Å²) in [5, 5.41) is 12.7. The van der Waals surface area contributed by atoms with Crippen molar-refractivity contribution in [2.75, 3.05) is 5.32 Å². The number of aliphatic hydroxyl groups excluding tert-OH is 1. The molecular weight excluding hydrogens is 267 g/mol. The highest BCUT2D eigenvalue weighted by atomic mass is 32.2. The standard InChI is InChI=1S/C13H9FN2O2S/c14-8-5-7-9(16-13(18)12(7)17)6-10(8)19-11-3-1-2-4-15-11/h1-6,12,17H,(H,16,18). The number of rotatable bonds is 2. The predicted octanol–water partition coefficient (Wildman–Crippen LogP) is 2.36. The first-order valence-corrected chi connectivity index (χ1v) is 6.38. The van der Waals surface area contributed by atoms with Gasteiger partial charge in [0, 0.05) is 17.4 Å².